The fourth-order valence-electron chi connectivity index (χ4n) is 1.77. The summed E-state index contributed by atoms with van der Waals surface area (Å²) in [6.45, 7) is 11.3. The number of nitrogens with one attached hydrogen (secondary N) is 1. The molecule has 0 saturated carbocycles. The predicted molar refractivity (Wildman–Crippen MR) is 83.6 cm³/mol. The number of hydrogen-bond acceptors (Lipinski definition) is 2. The third-order valence-electron chi connectivity index (χ3n) is 3.00. The van der Waals surface area contributed by atoms with Crippen LogP contribution < -0.4 is 5.32 Å². The second-order valence-corrected chi connectivity index (χ2v) is 6.44. The molecule has 0 aliphatic rings. The monoisotopic (exact) mass is 265 g/mol. The molecule has 0 spiro atoms. The zero-order valence-corrected chi connectivity index (χ0v) is 13.0. The fourth-order valence-corrected chi connectivity index (χ4v) is 2.69. The maximum Gasteiger partial charge on any atom is 0.00722 e. The van der Waals surface area contributed by atoms with Gasteiger partial charge < -0.3 is 5.32 Å². The number of hydrogen-bond donors (Lipinski definition) is 1. The highest BCUT2D eigenvalue weighted by Gasteiger charge is 2.03. The first kappa shape index (κ1) is 15.6. The molecule has 1 rings (SSSR count). The first-order chi connectivity index (χ1) is 8.63. The molecule has 1 aromatic rings. The van der Waals surface area contributed by atoms with Gasteiger partial charge in [-0.25, -0.2) is 0 Å². The van der Waals surface area contributed by atoms with Crippen LogP contribution in [0, 0.1) is 5.92 Å². The summed E-state index contributed by atoms with van der Waals surface area (Å²) in [4.78, 5) is 1.39. The van der Waals surface area contributed by atoms with Crippen LogP contribution in [0.3, 0.4) is 0 Å². The molecule has 1 nitrogen and oxygen atoms in total. The van der Waals surface area contributed by atoms with Crippen LogP contribution in [0.15, 0.2) is 29.2 Å². The number of thioether (sulfide) groups is 1. The van der Waals surface area contributed by atoms with E-state index in [0.717, 1.165) is 19.0 Å². The van der Waals surface area contributed by atoms with Gasteiger partial charge in [-0.05, 0) is 49.0 Å². The van der Waals surface area contributed by atoms with Gasteiger partial charge in [0.1, 0.15) is 0 Å². The predicted octanol–water partition coefficient (Wildman–Crippen LogP) is 4.54. The zero-order chi connectivity index (χ0) is 13.4. The van der Waals surface area contributed by atoms with Gasteiger partial charge in [0.25, 0.3) is 0 Å². The Kier molecular flexibility index (Phi) is 7.45. The smallest absolute Gasteiger partial charge is 0.00722 e. The minimum atomic E-state index is 0.626. The molecule has 0 aromatic heterocycles. The summed E-state index contributed by atoms with van der Waals surface area (Å²) in [6, 6.07) is 9.03. The summed E-state index contributed by atoms with van der Waals surface area (Å²) in [5, 5.41) is 3.48. The highest BCUT2D eigenvalue weighted by Crippen LogP contribution is 2.23. The lowest BCUT2D eigenvalue weighted by Crippen LogP contribution is -2.23. The average molecular weight is 265 g/mol. The van der Waals surface area contributed by atoms with Crippen molar-refractivity contribution in [1.29, 1.82) is 0 Å². The topological polar surface area (TPSA) is 12.0 Å². The Morgan fingerprint density at radius 2 is 1.78 bits per heavy atom. The van der Waals surface area contributed by atoms with E-state index in [-0.39, 0.29) is 0 Å². The van der Waals surface area contributed by atoms with Crippen molar-refractivity contribution in [2.24, 2.45) is 5.92 Å². The average Bonchev–Trinajstić information content (AvgIpc) is 2.37. The van der Waals surface area contributed by atoms with Crippen LogP contribution in [-0.4, -0.2) is 18.8 Å². The van der Waals surface area contributed by atoms with Crippen LogP contribution in [-0.2, 0) is 0 Å². The molecule has 18 heavy (non-hydrogen) atoms. The molecule has 1 atom stereocenters. The first-order valence-corrected chi connectivity index (χ1v) is 8.05. The van der Waals surface area contributed by atoms with Crippen molar-refractivity contribution in [2.45, 2.75) is 44.9 Å². The lowest BCUT2D eigenvalue weighted by Gasteiger charge is -2.12. The molecular formula is C16H27NS. The van der Waals surface area contributed by atoms with Crippen LogP contribution in [0.2, 0.25) is 0 Å². The van der Waals surface area contributed by atoms with E-state index in [1.54, 1.807) is 0 Å². The van der Waals surface area contributed by atoms with E-state index in [9.17, 15) is 0 Å². The van der Waals surface area contributed by atoms with Crippen molar-refractivity contribution in [1.82, 2.24) is 5.32 Å². The first-order valence-electron chi connectivity index (χ1n) is 7.07. The quantitative estimate of drug-likeness (QED) is 0.547. The van der Waals surface area contributed by atoms with Gasteiger partial charge in [-0.3, -0.25) is 0 Å². The molecule has 0 aliphatic heterocycles. The van der Waals surface area contributed by atoms with Crippen molar-refractivity contribution >= 4 is 11.8 Å². The van der Waals surface area contributed by atoms with Gasteiger partial charge in [0.05, 0.1) is 0 Å². The third kappa shape index (κ3) is 5.92. The van der Waals surface area contributed by atoms with Crippen molar-refractivity contribution < 1.29 is 0 Å². The summed E-state index contributed by atoms with van der Waals surface area (Å²) in [5.74, 6) is 2.55. The maximum atomic E-state index is 3.48. The van der Waals surface area contributed by atoms with Crippen LogP contribution in [0.25, 0.3) is 0 Å². The number of rotatable bonds is 8. The van der Waals surface area contributed by atoms with E-state index in [1.165, 1.54) is 22.6 Å². The Morgan fingerprint density at radius 1 is 1.11 bits per heavy atom. The number of benzene rings is 1. The van der Waals surface area contributed by atoms with E-state index in [0.29, 0.717) is 5.92 Å². The lowest BCUT2D eigenvalue weighted by molar-refractivity contribution is 0.557. The molecule has 102 valence electrons. The largest absolute Gasteiger partial charge is 0.316 e. The van der Waals surface area contributed by atoms with Gasteiger partial charge in [0.15, 0.2) is 0 Å². The van der Waals surface area contributed by atoms with Gasteiger partial charge in [-0.15, -0.1) is 11.8 Å². The fraction of sp³-hybridized carbons (Fsp3) is 0.625. The van der Waals surface area contributed by atoms with Crippen molar-refractivity contribution in [2.75, 3.05) is 18.8 Å². The normalized spacial score (nSPS) is 12.9. The molecule has 0 amide bonds. The molecule has 0 fully saturated rings. The van der Waals surface area contributed by atoms with Crippen LogP contribution in [0.5, 0.6) is 0 Å². The van der Waals surface area contributed by atoms with Gasteiger partial charge >= 0.3 is 0 Å². The Labute approximate surface area is 117 Å². The summed E-state index contributed by atoms with van der Waals surface area (Å²) in [6.07, 6.45) is 1.22. The highest BCUT2D eigenvalue weighted by molar-refractivity contribution is 7.99. The molecule has 1 aromatic carbocycles. The van der Waals surface area contributed by atoms with E-state index < -0.39 is 0 Å². The summed E-state index contributed by atoms with van der Waals surface area (Å²) in [5.41, 5.74) is 1.43. The maximum absolute atomic E-state index is 3.48. The Morgan fingerprint density at radius 3 is 2.33 bits per heavy atom. The van der Waals surface area contributed by atoms with Crippen molar-refractivity contribution in [3.63, 3.8) is 0 Å². The molecule has 2 heteroatoms. The standard InChI is InChI=1S/C16H27NS/c1-5-10-17-11-14(4)12-18-16-8-6-15(7-9-16)13(2)3/h6-9,13-14,17H,5,10-12H2,1-4H3. The van der Waals surface area contributed by atoms with E-state index >= 15 is 0 Å². The SMILES string of the molecule is CCCNCC(C)CSc1ccc(C(C)C)cc1. The summed E-state index contributed by atoms with van der Waals surface area (Å²) < 4.78 is 0. The Balaban J connectivity index is 2.30. The Hall–Kier alpha value is -0.470. The lowest BCUT2D eigenvalue weighted by atomic mass is 10.0. The van der Waals surface area contributed by atoms with Crippen molar-refractivity contribution in [3.8, 4) is 0 Å². The molecule has 0 aliphatic carbocycles. The summed E-state index contributed by atoms with van der Waals surface area (Å²) in [7, 11) is 0. The van der Waals surface area contributed by atoms with Gasteiger partial charge in [-0.1, -0.05) is 39.8 Å². The van der Waals surface area contributed by atoms with Crippen LogP contribution in [0.4, 0.5) is 0 Å². The minimum Gasteiger partial charge on any atom is -0.316 e. The van der Waals surface area contributed by atoms with Crippen LogP contribution >= 0.6 is 11.8 Å². The highest BCUT2D eigenvalue weighted by atomic mass is 32.2. The van der Waals surface area contributed by atoms with Gasteiger partial charge in [-0.2, -0.15) is 0 Å². The third-order valence-corrected chi connectivity index (χ3v) is 4.34. The second-order valence-electron chi connectivity index (χ2n) is 5.34. The molecule has 1 N–H and O–H groups in total. The van der Waals surface area contributed by atoms with Crippen molar-refractivity contribution in [3.05, 3.63) is 29.8 Å². The summed E-state index contributed by atoms with van der Waals surface area (Å²) >= 11 is 1.97. The van der Waals surface area contributed by atoms with E-state index in [1.807, 2.05) is 11.8 Å². The molecular weight excluding hydrogens is 238 g/mol. The molecule has 0 saturated heterocycles. The molecule has 1 unspecified atom stereocenters. The molecule has 0 bridgehead atoms. The van der Waals surface area contributed by atoms with Crippen LogP contribution in [0.1, 0.15) is 45.6 Å². The Bertz CT molecular complexity index is 318. The molecule has 0 radical (unpaired) electrons. The van der Waals surface area contributed by atoms with E-state index in [2.05, 4.69) is 57.3 Å². The molecule has 0 heterocycles. The van der Waals surface area contributed by atoms with Gasteiger partial charge in [0, 0.05) is 10.6 Å². The minimum absolute atomic E-state index is 0.626. The van der Waals surface area contributed by atoms with E-state index in [4.69, 9.17) is 0 Å². The second kappa shape index (κ2) is 8.60. The zero-order valence-electron chi connectivity index (χ0n) is 12.2. The van der Waals surface area contributed by atoms with Gasteiger partial charge in [0.2, 0.25) is 0 Å².